The molecule has 8 heteroatoms. The zero-order valence-electron chi connectivity index (χ0n) is 18.7. The van der Waals surface area contributed by atoms with Gasteiger partial charge in [0.05, 0.1) is 0 Å². The van der Waals surface area contributed by atoms with E-state index in [0.29, 0.717) is 12.0 Å². The van der Waals surface area contributed by atoms with Crippen molar-refractivity contribution in [2.45, 2.75) is 65.4 Å². The van der Waals surface area contributed by atoms with Crippen molar-refractivity contribution in [3.8, 4) is 0 Å². The Morgan fingerprint density at radius 2 is 1.94 bits per heavy atom. The molecule has 1 aliphatic heterocycles. The summed E-state index contributed by atoms with van der Waals surface area (Å²) in [6.07, 6.45) is 3.29. The lowest BCUT2D eigenvalue weighted by Crippen LogP contribution is -2.34. The topological polar surface area (TPSA) is 107 Å². The summed E-state index contributed by atoms with van der Waals surface area (Å²) in [6, 6.07) is 5.88. The Kier molecular flexibility index (Phi) is 7.25. The van der Waals surface area contributed by atoms with Gasteiger partial charge in [-0.25, -0.2) is 4.79 Å². The normalized spacial score (nSPS) is 20.6. The fourth-order valence-electron chi connectivity index (χ4n) is 3.89. The number of carbonyl (C=O) groups is 2. The van der Waals surface area contributed by atoms with E-state index >= 15 is 0 Å². The highest BCUT2D eigenvalue weighted by Gasteiger charge is 2.37. The Hall–Kier alpha value is -3.26. The molecule has 170 valence electrons. The van der Waals surface area contributed by atoms with E-state index in [2.05, 4.69) is 4.98 Å². The molecule has 1 aromatic heterocycles. The van der Waals surface area contributed by atoms with Crippen molar-refractivity contribution in [3.05, 3.63) is 79.6 Å². The number of H-pyrrole nitrogens is 1. The molecule has 2 aromatic rings. The summed E-state index contributed by atoms with van der Waals surface area (Å²) in [5.41, 5.74) is 2.49. The van der Waals surface area contributed by atoms with E-state index in [-0.39, 0.29) is 18.6 Å². The maximum absolute atomic E-state index is 12.6. The van der Waals surface area contributed by atoms with Crippen LogP contribution in [0.1, 0.15) is 48.8 Å². The molecule has 1 aliphatic rings. The quantitative estimate of drug-likeness (QED) is 0.523. The van der Waals surface area contributed by atoms with Crippen molar-refractivity contribution in [2.24, 2.45) is 0 Å². The minimum Gasteiger partial charge on any atom is -0.459 e. The molecule has 1 saturated heterocycles. The minimum atomic E-state index is -0.739. The van der Waals surface area contributed by atoms with Crippen LogP contribution >= 0.6 is 0 Å². The van der Waals surface area contributed by atoms with Gasteiger partial charge in [0.2, 0.25) is 0 Å². The van der Waals surface area contributed by atoms with Gasteiger partial charge in [0.15, 0.2) is 5.78 Å². The number of esters is 1. The highest BCUT2D eigenvalue weighted by atomic mass is 16.6. The number of ketones is 1. The average molecular weight is 440 g/mol. The Morgan fingerprint density at radius 3 is 2.56 bits per heavy atom. The molecule has 1 N–H and O–H groups in total. The molecule has 3 atom stereocenters. The van der Waals surface area contributed by atoms with Gasteiger partial charge in [0, 0.05) is 31.5 Å². The standard InChI is InChI=1S/C24H28N2O6/c1-5-17-13-26(24(30)25-23(17)29)22-12-21(31-16(4)27)20(32-22)10-9-18(28)11-19-14(2)7-6-8-15(19)3/h6-10,13,20-22H,5,11-12H2,1-4H3,(H,25,29,30)/b10-9+/t20-,21+,22-/m1/s1. The molecule has 8 nitrogen and oxygen atoms in total. The first kappa shape index (κ1) is 23.4. The van der Waals surface area contributed by atoms with Crippen molar-refractivity contribution in [2.75, 3.05) is 0 Å². The van der Waals surface area contributed by atoms with Crippen molar-refractivity contribution in [1.29, 1.82) is 0 Å². The number of nitrogens with one attached hydrogen (secondary N) is 1. The van der Waals surface area contributed by atoms with Gasteiger partial charge in [-0.2, -0.15) is 0 Å². The van der Waals surface area contributed by atoms with E-state index in [1.807, 2.05) is 39.0 Å². The van der Waals surface area contributed by atoms with Crippen LogP contribution in [0.3, 0.4) is 0 Å². The Labute approximate surface area is 185 Å². The molecule has 0 radical (unpaired) electrons. The van der Waals surface area contributed by atoms with Crippen LogP contribution in [0.15, 0.2) is 46.1 Å². The molecule has 3 rings (SSSR count). The molecule has 0 bridgehead atoms. The van der Waals surface area contributed by atoms with Gasteiger partial charge in [-0.15, -0.1) is 0 Å². The molecule has 1 aromatic carbocycles. The zero-order chi connectivity index (χ0) is 23.4. The SMILES string of the molecule is CCc1cn([C@H]2C[C@H](OC(C)=O)[C@@H](/C=C/C(=O)Cc3c(C)cccc3C)O2)c(=O)[nH]c1=O. The molecule has 0 aliphatic carbocycles. The number of ether oxygens (including phenoxy) is 2. The van der Waals surface area contributed by atoms with Gasteiger partial charge < -0.3 is 9.47 Å². The summed E-state index contributed by atoms with van der Waals surface area (Å²) >= 11 is 0. The molecule has 1 fully saturated rings. The molecule has 0 saturated carbocycles. The van der Waals surface area contributed by atoms with Crippen LogP contribution in [0.4, 0.5) is 0 Å². The number of rotatable bonds is 7. The lowest BCUT2D eigenvalue weighted by Gasteiger charge is -2.15. The third-order valence-electron chi connectivity index (χ3n) is 5.63. The van der Waals surface area contributed by atoms with Gasteiger partial charge >= 0.3 is 11.7 Å². The van der Waals surface area contributed by atoms with Gasteiger partial charge in [0.25, 0.3) is 5.56 Å². The molecular formula is C24H28N2O6. The third-order valence-corrected chi connectivity index (χ3v) is 5.63. The lowest BCUT2D eigenvalue weighted by atomic mass is 9.98. The lowest BCUT2D eigenvalue weighted by molar-refractivity contribution is -0.147. The van der Waals surface area contributed by atoms with Gasteiger partial charge in [-0.3, -0.25) is 23.9 Å². The number of nitrogens with zero attached hydrogens (tertiary/aromatic N) is 1. The molecule has 0 spiro atoms. The van der Waals surface area contributed by atoms with E-state index in [1.165, 1.54) is 23.8 Å². The molecule has 0 unspecified atom stereocenters. The summed E-state index contributed by atoms with van der Waals surface area (Å²) in [5, 5.41) is 0. The second kappa shape index (κ2) is 9.91. The molecular weight excluding hydrogens is 412 g/mol. The fourth-order valence-corrected chi connectivity index (χ4v) is 3.89. The first-order chi connectivity index (χ1) is 15.2. The predicted molar refractivity (Wildman–Crippen MR) is 119 cm³/mol. The Morgan fingerprint density at radius 1 is 1.25 bits per heavy atom. The number of hydrogen-bond donors (Lipinski definition) is 1. The number of benzene rings is 1. The van der Waals surface area contributed by atoms with E-state index in [4.69, 9.17) is 9.47 Å². The second-order valence-corrected chi connectivity index (χ2v) is 7.99. The Bertz CT molecular complexity index is 1140. The highest BCUT2D eigenvalue weighted by Crippen LogP contribution is 2.31. The van der Waals surface area contributed by atoms with Crippen molar-refractivity contribution in [3.63, 3.8) is 0 Å². The van der Waals surface area contributed by atoms with Crippen molar-refractivity contribution >= 4 is 11.8 Å². The molecule has 2 heterocycles. The van der Waals surface area contributed by atoms with E-state index in [9.17, 15) is 19.2 Å². The Balaban J connectivity index is 1.80. The van der Waals surface area contributed by atoms with Crippen LogP contribution in [0.5, 0.6) is 0 Å². The zero-order valence-corrected chi connectivity index (χ0v) is 18.7. The maximum atomic E-state index is 12.6. The minimum absolute atomic E-state index is 0.106. The van der Waals surface area contributed by atoms with Crippen LogP contribution < -0.4 is 11.2 Å². The monoisotopic (exact) mass is 440 g/mol. The summed E-state index contributed by atoms with van der Waals surface area (Å²) in [4.78, 5) is 50.6. The summed E-state index contributed by atoms with van der Waals surface area (Å²) < 4.78 is 12.6. The number of aromatic nitrogens is 2. The maximum Gasteiger partial charge on any atom is 0.330 e. The number of aromatic amines is 1. The van der Waals surface area contributed by atoms with E-state index < -0.39 is 35.7 Å². The second-order valence-electron chi connectivity index (χ2n) is 7.99. The number of hydrogen-bond acceptors (Lipinski definition) is 6. The third kappa shape index (κ3) is 5.31. The summed E-state index contributed by atoms with van der Waals surface area (Å²) in [5.74, 6) is -0.590. The summed E-state index contributed by atoms with van der Waals surface area (Å²) in [6.45, 7) is 7.03. The van der Waals surface area contributed by atoms with Crippen molar-refractivity contribution < 1.29 is 19.1 Å². The average Bonchev–Trinajstić information content (AvgIpc) is 3.11. The van der Waals surface area contributed by atoms with Crippen LogP contribution in [0, 0.1) is 13.8 Å². The largest absolute Gasteiger partial charge is 0.459 e. The smallest absolute Gasteiger partial charge is 0.330 e. The van der Waals surface area contributed by atoms with Gasteiger partial charge in [-0.1, -0.05) is 25.1 Å². The molecule has 32 heavy (non-hydrogen) atoms. The summed E-state index contributed by atoms with van der Waals surface area (Å²) in [7, 11) is 0. The van der Waals surface area contributed by atoms with Crippen LogP contribution in [0.25, 0.3) is 0 Å². The number of allylic oxidation sites excluding steroid dienone is 1. The first-order valence-corrected chi connectivity index (χ1v) is 10.6. The van der Waals surface area contributed by atoms with Crippen LogP contribution in [-0.2, 0) is 31.9 Å². The highest BCUT2D eigenvalue weighted by molar-refractivity contribution is 5.91. The molecule has 0 amide bonds. The van der Waals surface area contributed by atoms with Crippen molar-refractivity contribution in [1.82, 2.24) is 9.55 Å². The van der Waals surface area contributed by atoms with Crippen LogP contribution in [-0.4, -0.2) is 33.5 Å². The van der Waals surface area contributed by atoms with Crippen LogP contribution in [0.2, 0.25) is 0 Å². The number of carbonyl (C=O) groups excluding carboxylic acids is 2. The predicted octanol–water partition coefficient (Wildman–Crippen LogP) is 2.30. The van der Waals surface area contributed by atoms with Gasteiger partial charge in [-0.05, 0) is 49.1 Å². The van der Waals surface area contributed by atoms with E-state index in [0.717, 1.165) is 16.7 Å². The number of aryl methyl sites for hydroxylation is 3. The van der Waals surface area contributed by atoms with Gasteiger partial charge in [0.1, 0.15) is 18.4 Å². The fraction of sp³-hybridized carbons (Fsp3) is 0.417. The van der Waals surface area contributed by atoms with E-state index in [1.54, 1.807) is 6.08 Å². The first-order valence-electron chi connectivity index (χ1n) is 10.6.